The SMILES string of the molecule is CC(C)(C)CCCC(=O)Nc1cccc(S(=O)(=O)NCCN)c1. The van der Waals surface area contributed by atoms with E-state index in [-0.39, 0.29) is 29.3 Å². The van der Waals surface area contributed by atoms with Gasteiger partial charge in [-0.3, -0.25) is 4.79 Å². The Morgan fingerprint density at radius 3 is 2.57 bits per heavy atom. The van der Waals surface area contributed by atoms with E-state index < -0.39 is 10.0 Å². The second-order valence-corrected chi connectivity index (χ2v) is 8.44. The number of sulfonamides is 1. The smallest absolute Gasteiger partial charge is 0.240 e. The molecule has 0 fully saturated rings. The fraction of sp³-hybridized carbons (Fsp3) is 0.562. The lowest BCUT2D eigenvalue weighted by atomic mass is 9.90. The van der Waals surface area contributed by atoms with Crippen LogP contribution in [0.4, 0.5) is 5.69 Å². The zero-order valence-corrected chi connectivity index (χ0v) is 14.9. The molecule has 0 radical (unpaired) electrons. The quantitative estimate of drug-likeness (QED) is 0.674. The molecule has 0 aromatic heterocycles. The van der Waals surface area contributed by atoms with Crippen LogP contribution >= 0.6 is 0 Å². The molecule has 1 rings (SSSR count). The van der Waals surface area contributed by atoms with Crippen LogP contribution in [-0.2, 0) is 14.8 Å². The van der Waals surface area contributed by atoms with Crippen molar-refractivity contribution in [1.82, 2.24) is 4.72 Å². The molecule has 0 saturated heterocycles. The Labute approximate surface area is 138 Å². The van der Waals surface area contributed by atoms with Crippen molar-refractivity contribution in [3.63, 3.8) is 0 Å². The third-order valence-corrected chi connectivity index (χ3v) is 4.65. The number of carbonyl (C=O) groups is 1. The van der Waals surface area contributed by atoms with E-state index >= 15 is 0 Å². The number of nitrogens with one attached hydrogen (secondary N) is 2. The highest BCUT2D eigenvalue weighted by Crippen LogP contribution is 2.22. The number of hydrogen-bond donors (Lipinski definition) is 3. The minimum atomic E-state index is -3.60. The monoisotopic (exact) mass is 341 g/mol. The number of carbonyl (C=O) groups excluding carboxylic acids is 1. The highest BCUT2D eigenvalue weighted by atomic mass is 32.2. The normalized spacial score (nSPS) is 12.2. The van der Waals surface area contributed by atoms with Crippen molar-refractivity contribution >= 4 is 21.6 Å². The van der Waals surface area contributed by atoms with E-state index in [9.17, 15) is 13.2 Å². The molecule has 1 amide bonds. The summed E-state index contributed by atoms with van der Waals surface area (Å²) >= 11 is 0. The predicted molar refractivity (Wildman–Crippen MR) is 92.6 cm³/mol. The van der Waals surface area contributed by atoms with Crippen LogP contribution < -0.4 is 15.8 Å². The molecule has 130 valence electrons. The van der Waals surface area contributed by atoms with Crippen molar-refractivity contribution in [2.75, 3.05) is 18.4 Å². The summed E-state index contributed by atoms with van der Waals surface area (Å²) in [5.74, 6) is -0.112. The number of amides is 1. The number of hydrogen-bond acceptors (Lipinski definition) is 4. The van der Waals surface area contributed by atoms with Gasteiger partial charge in [0.25, 0.3) is 0 Å². The lowest BCUT2D eigenvalue weighted by Gasteiger charge is -2.17. The maximum Gasteiger partial charge on any atom is 0.240 e. The van der Waals surface area contributed by atoms with Gasteiger partial charge in [0.05, 0.1) is 4.90 Å². The van der Waals surface area contributed by atoms with Gasteiger partial charge in [-0.25, -0.2) is 13.1 Å². The maximum atomic E-state index is 12.0. The molecule has 4 N–H and O–H groups in total. The summed E-state index contributed by atoms with van der Waals surface area (Å²) in [6.07, 6.45) is 2.17. The van der Waals surface area contributed by atoms with Crippen molar-refractivity contribution in [1.29, 1.82) is 0 Å². The Hall–Kier alpha value is -1.44. The number of benzene rings is 1. The van der Waals surface area contributed by atoms with Gasteiger partial charge in [0, 0.05) is 25.2 Å². The Balaban J connectivity index is 2.65. The largest absolute Gasteiger partial charge is 0.329 e. The first-order valence-corrected chi connectivity index (χ1v) is 9.22. The van der Waals surface area contributed by atoms with Crippen LogP contribution in [0.25, 0.3) is 0 Å². The molecular formula is C16H27N3O3S. The molecule has 6 nitrogen and oxygen atoms in total. The van der Waals surface area contributed by atoms with Gasteiger partial charge in [0.15, 0.2) is 0 Å². The van der Waals surface area contributed by atoms with Crippen LogP contribution in [-0.4, -0.2) is 27.4 Å². The fourth-order valence-electron chi connectivity index (χ4n) is 2.02. The highest BCUT2D eigenvalue weighted by molar-refractivity contribution is 7.89. The molecule has 0 atom stereocenters. The minimum absolute atomic E-state index is 0.110. The van der Waals surface area contributed by atoms with E-state index in [0.29, 0.717) is 12.1 Å². The first-order chi connectivity index (χ1) is 10.6. The highest BCUT2D eigenvalue weighted by Gasteiger charge is 2.14. The van der Waals surface area contributed by atoms with E-state index in [4.69, 9.17) is 5.73 Å². The van der Waals surface area contributed by atoms with Crippen LogP contribution in [0.3, 0.4) is 0 Å². The van der Waals surface area contributed by atoms with Gasteiger partial charge in [0.2, 0.25) is 15.9 Å². The molecule has 0 spiro atoms. The van der Waals surface area contributed by atoms with E-state index in [1.165, 1.54) is 12.1 Å². The summed E-state index contributed by atoms with van der Waals surface area (Å²) in [6.45, 7) is 6.80. The van der Waals surface area contributed by atoms with Crippen molar-refractivity contribution in [3.8, 4) is 0 Å². The first-order valence-electron chi connectivity index (χ1n) is 7.74. The third kappa shape index (κ3) is 7.58. The Bertz CT molecular complexity index is 622. The summed E-state index contributed by atoms with van der Waals surface area (Å²) in [6, 6.07) is 6.19. The predicted octanol–water partition coefficient (Wildman–Crippen LogP) is 2.08. The van der Waals surface area contributed by atoms with E-state index in [2.05, 4.69) is 30.8 Å². The number of nitrogens with two attached hydrogens (primary N) is 1. The first kappa shape index (κ1) is 19.6. The summed E-state index contributed by atoms with van der Waals surface area (Å²) in [5.41, 5.74) is 5.97. The van der Waals surface area contributed by atoms with Crippen LogP contribution in [0, 0.1) is 5.41 Å². The molecule has 0 aliphatic heterocycles. The van der Waals surface area contributed by atoms with Gasteiger partial charge in [-0.05, 0) is 36.5 Å². The standard InChI is InChI=1S/C16H27N3O3S/c1-16(2,3)9-5-8-15(20)19-13-6-4-7-14(12-13)23(21,22)18-11-10-17/h4,6-7,12,18H,5,8-11,17H2,1-3H3,(H,19,20). The Kier molecular flexibility index (Phi) is 7.18. The zero-order chi connectivity index (χ0) is 17.5. The summed E-state index contributed by atoms with van der Waals surface area (Å²) in [7, 11) is -3.60. The zero-order valence-electron chi connectivity index (χ0n) is 14.1. The molecule has 0 heterocycles. The fourth-order valence-corrected chi connectivity index (χ4v) is 3.11. The molecule has 1 aromatic carbocycles. The topological polar surface area (TPSA) is 101 Å². The van der Waals surface area contributed by atoms with Crippen molar-refractivity contribution in [3.05, 3.63) is 24.3 Å². The lowest BCUT2D eigenvalue weighted by Crippen LogP contribution is -2.29. The third-order valence-electron chi connectivity index (χ3n) is 3.20. The summed E-state index contributed by atoms with van der Waals surface area (Å²) in [5, 5.41) is 2.74. The minimum Gasteiger partial charge on any atom is -0.329 e. The number of rotatable bonds is 8. The second-order valence-electron chi connectivity index (χ2n) is 6.68. The van der Waals surface area contributed by atoms with Gasteiger partial charge >= 0.3 is 0 Å². The van der Waals surface area contributed by atoms with E-state index in [1.54, 1.807) is 12.1 Å². The van der Waals surface area contributed by atoms with Gasteiger partial charge in [-0.2, -0.15) is 0 Å². The van der Waals surface area contributed by atoms with Gasteiger partial charge in [-0.15, -0.1) is 0 Å². The maximum absolute atomic E-state index is 12.0. The lowest BCUT2D eigenvalue weighted by molar-refractivity contribution is -0.116. The van der Waals surface area contributed by atoms with Gasteiger partial charge in [-0.1, -0.05) is 26.8 Å². The van der Waals surface area contributed by atoms with Crippen LogP contribution in [0.5, 0.6) is 0 Å². The van der Waals surface area contributed by atoms with Crippen molar-refractivity contribution in [2.24, 2.45) is 11.1 Å². The molecule has 7 heteroatoms. The molecule has 0 bridgehead atoms. The van der Waals surface area contributed by atoms with E-state index in [0.717, 1.165) is 12.8 Å². The average Bonchev–Trinajstić information content (AvgIpc) is 2.44. The molecule has 0 aliphatic rings. The van der Waals surface area contributed by atoms with Crippen molar-refractivity contribution < 1.29 is 13.2 Å². The Morgan fingerprint density at radius 2 is 1.96 bits per heavy atom. The molecule has 0 aliphatic carbocycles. The molecule has 0 saturated carbocycles. The summed E-state index contributed by atoms with van der Waals surface area (Å²) < 4.78 is 26.5. The second kappa shape index (κ2) is 8.42. The number of anilines is 1. The van der Waals surface area contributed by atoms with Crippen molar-refractivity contribution in [2.45, 2.75) is 44.9 Å². The molecular weight excluding hydrogens is 314 g/mol. The average molecular weight is 341 g/mol. The van der Waals surface area contributed by atoms with Gasteiger partial charge in [0.1, 0.15) is 0 Å². The summed E-state index contributed by atoms with van der Waals surface area (Å²) in [4.78, 5) is 12.0. The Morgan fingerprint density at radius 1 is 1.26 bits per heavy atom. The van der Waals surface area contributed by atoms with Gasteiger partial charge < -0.3 is 11.1 Å². The molecule has 0 unspecified atom stereocenters. The van der Waals surface area contributed by atoms with Crippen LogP contribution in [0.1, 0.15) is 40.0 Å². The van der Waals surface area contributed by atoms with Crippen LogP contribution in [0.15, 0.2) is 29.2 Å². The molecule has 23 heavy (non-hydrogen) atoms. The van der Waals surface area contributed by atoms with E-state index in [1.807, 2.05) is 0 Å². The molecule has 1 aromatic rings. The van der Waals surface area contributed by atoms with Crippen LogP contribution in [0.2, 0.25) is 0 Å².